The molecule has 2 nitrogen and oxygen atoms in total. The molecule has 0 bridgehead atoms. The average molecular weight is 379 g/mol. The van der Waals surface area contributed by atoms with E-state index in [0.29, 0.717) is 5.57 Å². The zero-order chi connectivity index (χ0) is 13.9. The Kier molecular flexibility index (Phi) is 4.13. The van der Waals surface area contributed by atoms with Crippen molar-refractivity contribution in [1.82, 2.24) is 4.98 Å². The molecule has 0 aromatic carbocycles. The highest BCUT2D eigenvalue weighted by Crippen LogP contribution is 2.36. The fourth-order valence-corrected chi connectivity index (χ4v) is 4.68. The topological polar surface area (TPSA) is 36.7 Å². The summed E-state index contributed by atoms with van der Waals surface area (Å²) in [5.74, 6) is 0. The quantitative estimate of drug-likeness (QED) is 0.543. The molecule has 0 aliphatic rings. The molecule has 6 heteroatoms. The monoisotopic (exact) mass is 378 g/mol. The Morgan fingerprint density at radius 2 is 2.00 bits per heavy atom. The van der Waals surface area contributed by atoms with Crippen LogP contribution in [-0.2, 0) is 0 Å². The molecule has 0 saturated heterocycles. The molecule has 3 heterocycles. The van der Waals surface area contributed by atoms with Crippen molar-refractivity contribution in [3.63, 3.8) is 0 Å². The molecule has 3 aromatic rings. The van der Waals surface area contributed by atoms with Crippen molar-refractivity contribution in [2.45, 2.75) is 0 Å². The summed E-state index contributed by atoms with van der Waals surface area (Å²) < 4.78 is 1.12. The summed E-state index contributed by atoms with van der Waals surface area (Å²) >= 11 is 8.34. The smallest absolute Gasteiger partial charge is 0.133 e. The van der Waals surface area contributed by atoms with E-state index in [0.717, 1.165) is 13.7 Å². The third-order valence-corrected chi connectivity index (χ3v) is 6.17. The maximum absolute atomic E-state index is 9.24. The van der Waals surface area contributed by atoms with Gasteiger partial charge in [-0.05, 0) is 46.3 Å². The highest BCUT2D eigenvalue weighted by Gasteiger charge is 2.07. The van der Waals surface area contributed by atoms with Gasteiger partial charge in [-0.2, -0.15) is 5.26 Å². The first-order valence-corrected chi connectivity index (χ1v) is 8.94. The molecule has 3 aromatic heterocycles. The second-order valence-corrected chi connectivity index (χ2v) is 8.29. The molecular weight excluding hydrogens is 372 g/mol. The number of hydrogen-bond donors (Lipinski definition) is 0. The summed E-state index contributed by atoms with van der Waals surface area (Å²) in [6.07, 6.45) is 3.61. The van der Waals surface area contributed by atoms with Gasteiger partial charge in [0.25, 0.3) is 0 Å². The molecule has 0 spiro atoms. The number of nitrogens with zero attached hydrogens (tertiary/aromatic N) is 2. The Bertz CT molecular complexity index is 791. The van der Waals surface area contributed by atoms with E-state index in [4.69, 9.17) is 0 Å². The first-order valence-electron chi connectivity index (χ1n) is 5.63. The van der Waals surface area contributed by atoms with E-state index in [1.807, 2.05) is 23.6 Å². The van der Waals surface area contributed by atoms with Crippen LogP contribution in [0.2, 0.25) is 0 Å². The molecule has 0 saturated carbocycles. The number of aromatic nitrogens is 1. The van der Waals surface area contributed by atoms with Crippen molar-refractivity contribution in [1.29, 1.82) is 5.26 Å². The summed E-state index contributed by atoms with van der Waals surface area (Å²) in [6.45, 7) is 0. The zero-order valence-corrected chi connectivity index (χ0v) is 14.1. The summed E-state index contributed by atoms with van der Waals surface area (Å²) in [4.78, 5) is 7.69. The van der Waals surface area contributed by atoms with Crippen molar-refractivity contribution in [2.75, 3.05) is 0 Å². The van der Waals surface area contributed by atoms with Gasteiger partial charge in [0, 0.05) is 26.2 Å². The zero-order valence-electron chi connectivity index (χ0n) is 10.0. The van der Waals surface area contributed by atoms with Crippen LogP contribution in [0.25, 0.3) is 21.4 Å². The molecule has 98 valence electrons. The standard InChI is InChI=1S/C14H7BrN2S3/c15-13-4-3-12(20-13)11-2-1-10(19-11)7-9(8-16)14-17-5-6-18-14/h1-7H/b9-7+. The molecule has 0 aliphatic heterocycles. The van der Waals surface area contributed by atoms with Crippen LogP contribution in [-0.4, -0.2) is 4.98 Å². The highest BCUT2D eigenvalue weighted by molar-refractivity contribution is 9.11. The van der Waals surface area contributed by atoms with Crippen LogP contribution in [0.15, 0.2) is 39.6 Å². The summed E-state index contributed by atoms with van der Waals surface area (Å²) in [5.41, 5.74) is 0.612. The fourth-order valence-electron chi connectivity index (χ4n) is 1.65. The lowest BCUT2D eigenvalue weighted by molar-refractivity contribution is 1.38. The average Bonchev–Trinajstić information content (AvgIpc) is 3.16. The molecule has 0 N–H and O–H groups in total. The van der Waals surface area contributed by atoms with Crippen LogP contribution >= 0.6 is 49.9 Å². The Morgan fingerprint density at radius 3 is 2.65 bits per heavy atom. The first kappa shape index (κ1) is 13.7. The Hall–Kier alpha value is -1.26. The molecule has 0 atom stereocenters. The Labute approximate surface area is 136 Å². The van der Waals surface area contributed by atoms with Crippen LogP contribution in [0, 0.1) is 11.3 Å². The minimum atomic E-state index is 0.612. The van der Waals surface area contributed by atoms with Gasteiger partial charge in [-0.3, -0.25) is 0 Å². The lowest BCUT2D eigenvalue weighted by atomic mass is 10.2. The number of thiazole rings is 1. The van der Waals surface area contributed by atoms with Crippen LogP contribution in [0.1, 0.15) is 9.88 Å². The van der Waals surface area contributed by atoms with Crippen LogP contribution in [0.4, 0.5) is 0 Å². The molecular formula is C14H7BrN2S3. The number of rotatable bonds is 3. The Balaban J connectivity index is 1.93. The summed E-state index contributed by atoms with van der Waals surface area (Å²) in [7, 11) is 0. The molecule has 20 heavy (non-hydrogen) atoms. The van der Waals surface area contributed by atoms with Gasteiger partial charge < -0.3 is 0 Å². The van der Waals surface area contributed by atoms with Crippen molar-refractivity contribution in [2.24, 2.45) is 0 Å². The van der Waals surface area contributed by atoms with Crippen LogP contribution < -0.4 is 0 Å². The number of halogens is 1. The minimum absolute atomic E-state index is 0.612. The summed E-state index contributed by atoms with van der Waals surface area (Å²) in [5, 5.41) is 11.9. The van der Waals surface area contributed by atoms with E-state index >= 15 is 0 Å². The largest absolute Gasteiger partial charge is 0.244 e. The SMILES string of the molecule is N#C/C(=C\c1ccc(-c2ccc(Br)s2)s1)c1nccs1. The second kappa shape index (κ2) is 6.02. The lowest BCUT2D eigenvalue weighted by Crippen LogP contribution is -1.77. The van der Waals surface area contributed by atoms with Gasteiger partial charge in [-0.15, -0.1) is 34.0 Å². The van der Waals surface area contributed by atoms with Crippen molar-refractivity contribution in [3.05, 3.63) is 49.5 Å². The van der Waals surface area contributed by atoms with Crippen LogP contribution in [0.5, 0.6) is 0 Å². The minimum Gasteiger partial charge on any atom is -0.244 e. The van der Waals surface area contributed by atoms with Gasteiger partial charge in [0.05, 0.1) is 9.36 Å². The van der Waals surface area contributed by atoms with E-state index < -0.39 is 0 Å². The number of thiophene rings is 2. The van der Waals surface area contributed by atoms with Gasteiger partial charge in [0.1, 0.15) is 11.1 Å². The predicted molar refractivity (Wildman–Crippen MR) is 90.9 cm³/mol. The molecule has 0 aliphatic carbocycles. The summed E-state index contributed by atoms with van der Waals surface area (Å²) in [6, 6.07) is 10.5. The highest BCUT2D eigenvalue weighted by atomic mass is 79.9. The van der Waals surface area contributed by atoms with E-state index in [2.05, 4.69) is 39.1 Å². The van der Waals surface area contributed by atoms with Crippen molar-refractivity contribution >= 4 is 61.6 Å². The van der Waals surface area contributed by atoms with E-state index in [-0.39, 0.29) is 0 Å². The first-order chi connectivity index (χ1) is 9.76. The van der Waals surface area contributed by atoms with E-state index in [9.17, 15) is 5.26 Å². The van der Waals surface area contributed by atoms with Crippen molar-refractivity contribution in [3.8, 4) is 15.8 Å². The van der Waals surface area contributed by atoms with Gasteiger partial charge >= 0.3 is 0 Å². The Morgan fingerprint density at radius 1 is 1.20 bits per heavy atom. The van der Waals surface area contributed by atoms with Crippen LogP contribution in [0.3, 0.4) is 0 Å². The number of nitriles is 1. The maximum Gasteiger partial charge on any atom is 0.133 e. The molecule has 0 radical (unpaired) electrons. The number of allylic oxidation sites excluding steroid dienone is 1. The lowest BCUT2D eigenvalue weighted by Gasteiger charge is -1.91. The van der Waals surface area contributed by atoms with Crippen molar-refractivity contribution < 1.29 is 0 Å². The number of hydrogen-bond acceptors (Lipinski definition) is 5. The fraction of sp³-hybridized carbons (Fsp3) is 0. The second-order valence-electron chi connectivity index (χ2n) is 3.81. The maximum atomic E-state index is 9.24. The normalized spacial score (nSPS) is 11.5. The molecule has 0 fully saturated rings. The van der Waals surface area contributed by atoms with E-state index in [1.54, 1.807) is 28.9 Å². The van der Waals surface area contributed by atoms with Gasteiger partial charge in [0.15, 0.2) is 0 Å². The molecule has 3 rings (SSSR count). The van der Waals surface area contributed by atoms with Gasteiger partial charge in [-0.1, -0.05) is 0 Å². The predicted octanol–water partition coefficient (Wildman–Crippen LogP) is 5.76. The third-order valence-electron chi connectivity index (χ3n) is 2.51. The molecule has 0 amide bonds. The molecule has 0 unspecified atom stereocenters. The third kappa shape index (κ3) is 2.91. The van der Waals surface area contributed by atoms with E-state index in [1.165, 1.54) is 21.1 Å². The van der Waals surface area contributed by atoms with Gasteiger partial charge in [-0.25, -0.2) is 4.98 Å². The van der Waals surface area contributed by atoms with Gasteiger partial charge in [0.2, 0.25) is 0 Å².